The molecular weight excluding hydrogens is 236 g/mol. The highest BCUT2D eigenvalue weighted by atomic mass is 16.2. The summed E-state index contributed by atoms with van der Waals surface area (Å²) in [5.74, 6) is -0.164. The second-order valence-electron chi connectivity index (χ2n) is 4.53. The molecule has 0 bridgehead atoms. The predicted molar refractivity (Wildman–Crippen MR) is 76.4 cm³/mol. The van der Waals surface area contributed by atoms with E-state index in [0.29, 0.717) is 0 Å². The van der Waals surface area contributed by atoms with Crippen LogP contribution in [0.2, 0.25) is 0 Å². The van der Waals surface area contributed by atoms with E-state index in [0.717, 1.165) is 11.1 Å². The molecule has 0 aliphatic rings. The van der Waals surface area contributed by atoms with Gasteiger partial charge in [-0.1, -0.05) is 60.7 Å². The van der Waals surface area contributed by atoms with Crippen molar-refractivity contribution in [2.75, 3.05) is 0 Å². The molecule has 0 radical (unpaired) electrons. The fourth-order valence-electron chi connectivity index (χ4n) is 1.94. The molecule has 19 heavy (non-hydrogen) atoms. The van der Waals surface area contributed by atoms with Gasteiger partial charge in [-0.3, -0.25) is 4.79 Å². The standard InChI is InChI=1S/C16H18N2O/c1-12(13-8-4-2-5-9-13)18-16(19)15(17)14-10-6-3-7-11-14/h2-12,15H,17H2,1H3,(H,18,19)/t12?,15-/m1/s1. The van der Waals surface area contributed by atoms with Gasteiger partial charge in [0.1, 0.15) is 6.04 Å². The number of nitrogens with two attached hydrogens (primary N) is 1. The SMILES string of the molecule is CC(NC(=O)[C@H](N)c1ccccc1)c1ccccc1. The van der Waals surface area contributed by atoms with Crippen molar-refractivity contribution in [2.45, 2.75) is 19.0 Å². The Kier molecular flexibility index (Phi) is 4.31. The summed E-state index contributed by atoms with van der Waals surface area (Å²) in [4.78, 5) is 12.1. The summed E-state index contributed by atoms with van der Waals surface area (Å²) in [6.45, 7) is 1.95. The molecule has 2 atom stereocenters. The van der Waals surface area contributed by atoms with E-state index in [9.17, 15) is 4.79 Å². The Labute approximate surface area is 113 Å². The Morgan fingerprint density at radius 2 is 1.42 bits per heavy atom. The van der Waals surface area contributed by atoms with Gasteiger partial charge in [0.05, 0.1) is 6.04 Å². The normalized spacial score (nSPS) is 13.6. The van der Waals surface area contributed by atoms with Gasteiger partial charge in [-0.2, -0.15) is 0 Å². The highest BCUT2D eigenvalue weighted by Gasteiger charge is 2.17. The van der Waals surface area contributed by atoms with Crippen LogP contribution >= 0.6 is 0 Å². The number of hydrogen-bond acceptors (Lipinski definition) is 2. The zero-order chi connectivity index (χ0) is 13.7. The molecule has 0 aromatic heterocycles. The summed E-state index contributed by atoms with van der Waals surface area (Å²) in [6.07, 6.45) is 0. The summed E-state index contributed by atoms with van der Waals surface area (Å²) >= 11 is 0. The van der Waals surface area contributed by atoms with Crippen LogP contribution in [-0.4, -0.2) is 5.91 Å². The lowest BCUT2D eigenvalue weighted by molar-refractivity contribution is -0.123. The smallest absolute Gasteiger partial charge is 0.241 e. The van der Waals surface area contributed by atoms with Gasteiger partial charge in [0.15, 0.2) is 0 Å². The Morgan fingerprint density at radius 1 is 0.947 bits per heavy atom. The minimum Gasteiger partial charge on any atom is -0.348 e. The molecule has 0 saturated heterocycles. The molecule has 2 rings (SSSR count). The third-order valence-corrected chi connectivity index (χ3v) is 3.10. The monoisotopic (exact) mass is 254 g/mol. The van der Waals surface area contributed by atoms with E-state index in [1.54, 1.807) is 0 Å². The average Bonchev–Trinajstić information content (AvgIpc) is 2.48. The quantitative estimate of drug-likeness (QED) is 0.881. The van der Waals surface area contributed by atoms with Gasteiger partial charge >= 0.3 is 0 Å². The Morgan fingerprint density at radius 3 is 1.95 bits per heavy atom. The van der Waals surface area contributed by atoms with E-state index in [-0.39, 0.29) is 11.9 Å². The molecule has 1 amide bonds. The van der Waals surface area contributed by atoms with Crippen molar-refractivity contribution in [2.24, 2.45) is 5.73 Å². The first kappa shape index (κ1) is 13.3. The van der Waals surface area contributed by atoms with E-state index in [1.807, 2.05) is 67.6 Å². The zero-order valence-electron chi connectivity index (χ0n) is 10.9. The second kappa shape index (κ2) is 6.16. The Hall–Kier alpha value is -2.13. The maximum absolute atomic E-state index is 12.1. The summed E-state index contributed by atoms with van der Waals surface area (Å²) in [6, 6.07) is 18.5. The average molecular weight is 254 g/mol. The Balaban J connectivity index is 2.02. The molecule has 3 N–H and O–H groups in total. The first-order chi connectivity index (χ1) is 9.18. The highest BCUT2D eigenvalue weighted by Crippen LogP contribution is 2.14. The van der Waals surface area contributed by atoms with E-state index in [2.05, 4.69) is 5.32 Å². The van der Waals surface area contributed by atoms with Crippen LogP contribution in [0.15, 0.2) is 60.7 Å². The number of amides is 1. The number of benzene rings is 2. The molecule has 0 aliphatic heterocycles. The van der Waals surface area contributed by atoms with E-state index >= 15 is 0 Å². The lowest BCUT2D eigenvalue weighted by Crippen LogP contribution is -2.35. The number of carbonyl (C=O) groups is 1. The third kappa shape index (κ3) is 3.42. The minimum absolute atomic E-state index is 0.0523. The van der Waals surface area contributed by atoms with Gasteiger partial charge in [0, 0.05) is 0 Å². The summed E-state index contributed by atoms with van der Waals surface area (Å²) < 4.78 is 0. The first-order valence-corrected chi connectivity index (χ1v) is 6.34. The molecule has 2 aromatic rings. The van der Waals surface area contributed by atoms with Gasteiger partial charge < -0.3 is 11.1 Å². The maximum atomic E-state index is 12.1. The molecule has 3 heteroatoms. The van der Waals surface area contributed by atoms with Crippen molar-refractivity contribution in [3.8, 4) is 0 Å². The summed E-state index contributed by atoms with van der Waals surface area (Å²) in [5.41, 5.74) is 7.84. The second-order valence-corrected chi connectivity index (χ2v) is 4.53. The number of nitrogens with one attached hydrogen (secondary N) is 1. The van der Waals surface area contributed by atoms with E-state index in [1.165, 1.54) is 0 Å². The molecule has 0 saturated carbocycles. The van der Waals surface area contributed by atoms with Gasteiger partial charge in [-0.25, -0.2) is 0 Å². The minimum atomic E-state index is -0.632. The first-order valence-electron chi connectivity index (χ1n) is 6.34. The van der Waals surface area contributed by atoms with Crippen LogP contribution in [0.5, 0.6) is 0 Å². The van der Waals surface area contributed by atoms with Gasteiger partial charge in [-0.15, -0.1) is 0 Å². The van der Waals surface area contributed by atoms with Crippen molar-refractivity contribution in [1.82, 2.24) is 5.32 Å². The molecule has 0 fully saturated rings. The molecule has 3 nitrogen and oxygen atoms in total. The van der Waals surface area contributed by atoms with Gasteiger partial charge in [0.2, 0.25) is 5.91 Å². The van der Waals surface area contributed by atoms with Gasteiger partial charge in [-0.05, 0) is 18.1 Å². The van der Waals surface area contributed by atoms with E-state index in [4.69, 9.17) is 5.73 Å². The molecular formula is C16H18N2O. The topological polar surface area (TPSA) is 55.1 Å². The van der Waals surface area contributed by atoms with Crippen LogP contribution in [0.3, 0.4) is 0 Å². The van der Waals surface area contributed by atoms with E-state index < -0.39 is 6.04 Å². The largest absolute Gasteiger partial charge is 0.348 e. The van der Waals surface area contributed by atoms with Crippen LogP contribution in [0, 0.1) is 0 Å². The van der Waals surface area contributed by atoms with Crippen molar-refractivity contribution in [1.29, 1.82) is 0 Å². The fraction of sp³-hybridized carbons (Fsp3) is 0.188. The van der Waals surface area contributed by atoms with Crippen LogP contribution in [-0.2, 0) is 4.79 Å². The van der Waals surface area contributed by atoms with Crippen molar-refractivity contribution in [3.63, 3.8) is 0 Å². The lowest BCUT2D eigenvalue weighted by Gasteiger charge is -2.18. The van der Waals surface area contributed by atoms with Crippen LogP contribution in [0.1, 0.15) is 30.1 Å². The fourth-order valence-corrected chi connectivity index (χ4v) is 1.94. The third-order valence-electron chi connectivity index (χ3n) is 3.10. The zero-order valence-corrected chi connectivity index (χ0v) is 10.9. The maximum Gasteiger partial charge on any atom is 0.241 e. The lowest BCUT2D eigenvalue weighted by atomic mass is 10.1. The molecule has 0 spiro atoms. The predicted octanol–water partition coefficient (Wildman–Crippen LogP) is 2.56. The summed E-state index contributed by atoms with van der Waals surface area (Å²) in [7, 11) is 0. The molecule has 0 heterocycles. The van der Waals surface area contributed by atoms with Crippen molar-refractivity contribution in [3.05, 3.63) is 71.8 Å². The van der Waals surface area contributed by atoms with Crippen molar-refractivity contribution < 1.29 is 4.79 Å². The number of carbonyl (C=O) groups excluding carboxylic acids is 1. The summed E-state index contributed by atoms with van der Waals surface area (Å²) in [5, 5.41) is 2.93. The molecule has 2 aromatic carbocycles. The van der Waals surface area contributed by atoms with Crippen molar-refractivity contribution >= 4 is 5.91 Å². The van der Waals surface area contributed by atoms with Gasteiger partial charge in [0.25, 0.3) is 0 Å². The Bertz CT molecular complexity index is 525. The van der Waals surface area contributed by atoms with Crippen LogP contribution in [0.25, 0.3) is 0 Å². The highest BCUT2D eigenvalue weighted by molar-refractivity contribution is 5.83. The van der Waals surface area contributed by atoms with Crippen LogP contribution in [0.4, 0.5) is 0 Å². The van der Waals surface area contributed by atoms with Crippen LogP contribution < -0.4 is 11.1 Å². The number of rotatable bonds is 4. The molecule has 1 unspecified atom stereocenters. The number of hydrogen-bond donors (Lipinski definition) is 2. The molecule has 0 aliphatic carbocycles. The molecule has 98 valence electrons.